The summed E-state index contributed by atoms with van der Waals surface area (Å²) in [5.74, 6) is -0.266. The number of amides is 1. The van der Waals surface area contributed by atoms with Gasteiger partial charge in [-0.2, -0.15) is 9.78 Å². The van der Waals surface area contributed by atoms with Gasteiger partial charge in [-0.15, -0.1) is 0 Å². The van der Waals surface area contributed by atoms with Gasteiger partial charge in [-0.05, 0) is 61.3 Å². The van der Waals surface area contributed by atoms with Crippen LogP contribution < -0.4 is 0 Å². The van der Waals surface area contributed by atoms with Crippen molar-refractivity contribution in [1.29, 1.82) is 0 Å². The predicted molar refractivity (Wildman–Crippen MR) is 102 cm³/mol. The highest BCUT2D eigenvalue weighted by Crippen LogP contribution is 2.40. The van der Waals surface area contributed by atoms with E-state index in [2.05, 4.69) is 37.1 Å². The number of carbonyl (C=O) groups is 2. The monoisotopic (exact) mass is 383 g/mol. The van der Waals surface area contributed by atoms with Crippen molar-refractivity contribution in [3.63, 3.8) is 0 Å². The van der Waals surface area contributed by atoms with E-state index in [1.54, 1.807) is 4.90 Å². The second-order valence-electron chi connectivity index (χ2n) is 7.92. The molecule has 0 radical (unpaired) electrons. The summed E-state index contributed by atoms with van der Waals surface area (Å²) in [4.78, 5) is 25.3. The summed E-state index contributed by atoms with van der Waals surface area (Å²) >= 11 is 0. The molecule has 2 aromatic rings. The lowest BCUT2D eigenvalue weighted by Gasteiger charge is -2.19. The minimum Gasteiger partial charge on any atom is -0.476 e. The molecule has 28 heavy (non-hydrogen) atoms. The first-order valence-corrected chi connectivity index (χ1v) is 9.67. The largest absolute Gasteiger partial charge is 0.476 e. The predicted octanol–water partition coefficient (Wildman–Crippen LogP) is 3.09. The fraction of sp³-hybridized carbons (Fsp3) is 0.476. The number of hydrogen-bond donors (Lipinski definition) is 1. The number of ether oxygens (including phenoxy) is 1. The summed E-state index contributed by atoms with van der Waals surface area (Å²) in [5, 5.41) is 12.8. The molecule has 1 N–H and O–H groups in total. The number of carboxylic acids is 1. The molecule has 0 bridgehead atoms. The second kappa shape index (κ2) is 7.39. The van der Waals surface area contributed by atoms with Crippen LogP contribution in [0.1, 0.15) is 40.0 Å². The summed E-state index contributed by atoms with van der Waals surface area (Å²) in [7, 11) is 0. The van der Waals surface area contributed by atoms with Crippen molar-refractivity contribution in [2.75, 3.05) is 13.1 Å². The lowest BCUT2D eigenvalue weighted by molar-refractivity contribution is 0.0380. The van der Waals surface area contributed by atoms with E-state index in [0.717, 1.165) is 17.5 Å². The third-order valence-corrected chi connectivity index (χ3v) is 6.17. The van der Waals surface area contributed by atoms with Crippen LogP contribution in [0.4, 0.5) is 4.79 Å². The molecule has 0 unspecified atom stereocenters. The van der Waals surface area contributed by atoms with Gasteiger partial charge in [0.1, 0.15) is 0 Å². The number of aromatic nitrogens is 2. The number of benzene rings is 1. The van der Waals surface area contributed by atoms with E-state index < -0.39 is 5.97 Å². The molecule has 1 aromatic heterocycles. The normalized spacial score (nSPS) is 23.8. The van der Waals surface area contributed by atoms with E-state index in [1.807, 2.05) is 0 Å². The maximum atomic E-state index is 12.6. The van der Waals surface area contributed by atoms with Crippen molar-refractivity contribution in [1.82, 2.24) is 14.7 Å². The number of rotatable bonds is 4. The summed E-state index contributed by atoms with van der Waals surface area (Å²) in [5.41, 5.74) is 3.69. The van der Waals surface area contributed by atoms with E-state index in [4.69, 9.17) is 9.84 Å². The van der Waals surface area contributed by atoms with Crippen LogP contribution in [0.25, 0.3) is 0 Å². The van der Waals surface area contributed by atoms with Gasteiger partial charge in [-0.3, -0.25) is 0 Å². The van der Waals surface area contributed by atoms with Crippen LogP contribution in [0.5, 0.6) is 0 Å². The molecule has 1 amide bonds. The van der Waals surface area contributed by atoms with Crippen LogP contribution in [0, 0.1) is 25.7 Å². The molecular weight excluding hydrogens is 358 g/mol. The summed E-state index contributed by atoms with van der Waals surface area (Å²) in [6.07, 6.45) is 3.56. The number of aromatic carboxylic acids is 1. The Labute approximate surface area is 163 Å². The van der Waals surface area contributed by atoms with Gasteiger partial charge in [0.2, 0.25) is 0 Å². The zero-order chi connectivity index (χ0) is 19.8. The van der Waals surface area contributed by atoms with Crippen molar-refractivity contribution >= 4 is 12.0 Å². The topological polar surface area (TPSA) is 84.7 Å². The van der Waals surface area contributed by atoms with Crippen LogP contribution >= 0.6 is 0 Å². The van der Waals surface area contributed by atoms with E-state index in [-0.39, 0.29) is 17.8 Å². The van der Waals surface area contributed by atoms with Gasteiger partial charge in [-0.1, -0.05) is 18.2 Å². The number of carboxylic acid groups (broad SMARTS) is 1. The first-order valence-electron chi connectivity index (χ1n) is 9.67. The van der Waals surface area contributed by atoms with Crippen LogP contribution in [-0.2, 0) is 11.3 Å². The highest BCUT2D eigenvalue weighted by Gasteiger charge is 2.43. The first-order chi connectivity index (χ1) is 13.4. The Morgan fingerprint density at radius 1 is 1.18 bits per heavy atom. The van der Waals surface area contributed by atoms with Crippen molar-refractivity contribution in [2.24, 2.45) is 11.8 Å². The lowest BCUT2D eigenvalue weighted by atomic mass is 10.0. The molecule has 1 aliphatic carbocycles. The quantitative estimate of drug-likeness (QED) is 0.877. The first kappa shape index (κ1) is 18.7. The summed E-state index contributed by atoms with van der Waals surface area (Å²) in [6.45, 7) is 6.23. The summed E-state index contributed by atoms with van der Waals surface area (Å²) in [6, 6.07) is 7.39. The Hall–Kier alpha value is -2.67. The van der Waals surface area contributed by atoms with Gasteiger partial charge in [0.15, 0.2) is 5.69 Å². The molecule has 7 heteroatoms. The number of fused-ring (bicyclic) bond motifs is 1. The number of aryl methyl sites for hydroxylation is 1. The minimum absolute atomic E-state index is 0.118. The Balaban J connectivity index is 1.31. The van der Waals surface area contributed by atoms with Gasteiger partial charge in [0, 0.05) is 19.3 Å². The zero-order valence-electron chi connectivity index (χ0n) is 16.2. The minimum atomic E-state index is -1.13. The van der Waals surface area contributed by atoms with Crippen LogP contribution in [0.2, 0.25) is 0 Å². The number of carbonyl (C=O) groups excluding carboxylic acids is 1. The molecule has 2 heterocycles. The molecule has 1 saturated carbocycles. The molecule has 7 nitrogen and oxygen atoms in total. The molecule has 1 aromatic carbocycles. The number of nitrogens with zero attached hydrogens (tertiary/aromatic N) is 3. The van der Waals surface area contributed by atoms with Crippen molar-refractivity contribution in [3.05, 3.63) is 52.8 Å². The van der Waals surface area contributed by atoms with Crippen molar-refractivity contribution in [3.8, 4) is 0 Å². The molecule has 2 aliphatic rings. The smallest absolute Gasteiger partial charge is 0.356 e. The third-order valence-electron chi connectivity index (χ3n) is 6.17. The van der Waals surface area contributed by atoms with E-state index in [9.17, 15) is 9.59 Å². The van der Waals surface area contributed by atoms with Gasteiger partial charge in [0.25, 0.3) is 0 Å². The van der Waals surface area contributed by atoms with E-state index >= 15 is 0 Å². The van der Waals surface area contributed by atoms with Gasteiger partial charge in [0.05, 0.1) is 12.7 Å². The molecule has 1 saturated heterocycles. The van der Waals surface area contributed by atoms with Gasteiger partial charge in [-0.25, -0.2) is 9.59 Å². The standard InChI is InChI=1S/C21H25N3O4/c1-13-4-3-5-15(14(13)2)12-28-18-8-16-10-23(11-17(16)9-18)21(27)24-7-6-19(22-24)20(25)26/h3-7,16-18H,8-12H2,1-2H3,(H,25,26)/t16-,17+,18+. The average molecular weight is 383 g/mol. The fourth-order valence-electron chi connectivity index (χ4n) is 4.40. The van der Waals surface area contributed by atoms with Gasteiger partial charge >= 0.3 is 12.0 Å². The Bertz CT molecular complexity index is 893. The van der Waals surface area contributed by atoms with Crippen molar-refractivity contribution < 1.29 is 19.4 Å². The van der Waals surface area contributed by atoms with E-state index in [0.29, 0.717) is 31.5 Å². The molecular formula is C21H25N3O4. The molecule has 148 valence electrons. The Morgan fingerprint density at radius 3 is 2.54 bits per heavy atom. The Kier molecular flexibility index (Phi) is 4.93. The molecule has 3 atom stereocenters. The molecule has 1 aliphatic heterocycles. The average Bonchev–Trinajstić information content (AvgIpc) is 3.36. The highest BCUT2D eigenvalue weighted by molar-refractivity contribution is 5.86. The molecule has 0 spiro atoms. The Morgan fingerprint density at radius 2 is 1.89 bits per heavy atom. The SMILES string of the molecule is Cc1cccc(CO[C@H]2C[C@@H]3CN(C(=O)n4ccc(C(=O)O)n4)C[C@@H]3C2)c1C. The maximum Gasteiger partial charge on any atom is 0.356 e. The highest BCUT2D eigenvalue weighted by atomic mass is 16.5. The van der Waals surface area contributed by atoms with Crippen LogP contribution in [0.15, 0.2) is 30.5 Å². The summed E-state index contributed by atoms with van der Waals surface area (Å²) < 4.78 is 7.31. The molecule has 4 rings (SSSR count). The second-order valence-corrected chi connectivity index (χ2v) is 7.92. The molecule has 2 fully saturated rings. The number of likely N-dealkylation sites (tertiary alicyclic amines) is 1. The van der Waals surface area contributed by atoms with Crippen LogP contribution in [-0.4, -0.2) is 51.0 Å². The van der Waals surface area contributed by atoms with Crippen LogP contribution in [0.3, 0.4) is 0 Å². The van der Waals surface area contributed by atoms with Gasteiger partial charge < -0.3 is 14.7 Å². The van der Waals surface area contributed by atoms with Crippen molar-refractivity contribution in [2.45, 2.75) is 39.4 Å². The van der Waals surface area contributed by atoms with E-state index in [1.165, 1.54) is 29.0 Å². The maximum absolute atomic E-state index is 12.6. The lowest BCUT2D eigenvalue weighted by Crippen LogP contribution is -2.34. The fourth-order valence-corrected chi connectivity index (χ4v) is 4.40. The number of hydrogen-bond acceptors (Lipinski definition) is 4. The third kappa shape index (κ3) is 3.54. The zero-order valence-corrected chi connectivity index (χ0v) is 16.2.